The number of phenols is 1. The first kappa shape index (κ1) is 29.6. The third kappa shape index (κ3) is 3.43. The molecule has 9 heteroatoms. The average Bonchev–Trinajstić information content (AvgIpc) is 3.25. The van der Waals surface area contributed by atoms with Gasteiger partial charge in [-0.15, -0.1) is 0 Å². The van der Waals surface area contributed by atoms with Crippen LogP contribution < -0.4 is 9.47 Å². The Morgan fingerprint density at radius 2 is 1.79 bits per heavy atom. The van der Waals surface area contributed by atoms with Crippen LogP contribution >= 0.6 is 0 Å². The second-order valence-electron chi connectivity index (χ2n) is 14.0. The Balaban J connectivity index is 1.70. The molecule has 7 rings (SSSR count). The summed E-state index contributed by atoms with van der Waals surface area (Å²) in [6.45, 7) is 15.1. The molecule has 230 valence electrons. The van der Waals surface area contributed by atoms with Gasteiger partial charge in [-0.3, -0.25) is 9.59 Å². The molecule has 3 aliphatic heterocycles. The fourth-order valence-electron chi connectivity index (χ4n) is 8.02. The summed E-state index contributed by atoms with van der Waals surface area (Å²) in [5.41, 5.74) is -3.91. The van der Waals surface area contributed by atoms with Crippen LogP contribution in [0.3, 0.4) is 0 Å². The number of hydrogen-bond donors (Lipinski definition) is 2. The van der Waals surface area contributed by atoms with Crippen LogP contribution in [0, 0.1) is 5.92 Å². The topological polar surface area (TPSA) is 129 Å². The van der Waals surface area contributed by atoms with Crippen molar-refractivity contribution in [1.82, 2.24) is 0 Å². The Kier molecular flexibility index (Phi) is 6.08. The van der Waals surface area contributed by atoms with Crippen molar-refractivity contribution < 1.29 is 43.5 Å². The first-order valence-corrected chi connectivity index (χ1v) is 14.8. The third-order valence-electron chi connectivity index (χ3n) is 10.7. The Hall–Kier alpha value is -3.43. The summed E-state index contributed by atoms with van der Waals surface area (Å²) in [4.78, 5) is 41.2. The fraction of sp³-hybridized carbons (Fsp3) is 0.559. The van der Waals surface area contributed by atoms with Gasteiger partial charge in [0.25, 0.3) is 0 Å². The zero-order chi connectivity index (χ0) is 31.7. The number of aromatic hydroxyl groups is 1. The van der Waals surface area contributed by atoms with Crippen LogP contribution in [0.1, 0.15) is 89.7 Å². The van der Waals surface area contributed by atoms with E-state index in [1.165, 1.54) is 20.1 Å². The molecule has 1 saturated heterocycles. The summed E-state index contributed by atoms with van der Waals surface area (Å²) in [6, 6.07) is 0. The van der Waals surface area contributed by atoms with E-state index in [2.05, 4.69) is 0 Å². The molecule has 4 bridgehead atoms. The summed E-state index contributed by atoms with van der Waals surface area (Å²) in [6.07, 6.45) is 5.11. The Morgan fingerprint density at radius 1 is 1.12 bits per heavy atom. The maximum absolute atomic E-state index is 14.8. The van der Waals surface area contributed by atoms with Crippen LogP contribution in [0.4, 0.5) is 0 Å². The molecule has 9 nitrogen and oxygen atoms in total. The number of carboxylic acid groups (broad SMARTS) is 1. The number of fused-ring (bicyclic) bond motifs is 3. The molecule has 43 heavy (non-hydrogen) atoms. The average molecular weight is 593 g/mol. The largest absolute Gasteiger partial charge is 0.507 e. The van der Waals surface area contributed by atoms with Gasteiger partial charge in [-0.25, -0.2) is 4.79 Å². The SMILES string of the molecule is CO[C@]12C=C3C(=O)c4c(O)c(CC=C(C)C)c5c(c4O[C@]34[C@H](C1)C(C)(C)O[C@]4(CC=C(C)C(=O)O)C2=O)C(C)(C)[C@H](C)O5. The predicted molar refractivity (Wildman–Crippen MR) is 157 cm³/mol. The molecule has 1 aromatic carbocycles. The summed E-state index contributed by atoms with van der Waals surface area (Å²) in [5.74, 6) is -2.05. The van der Waals surface area contributed by atoms with Gasteiger partial charge >= 0.3 is 5.97 Å². The molecule has 0 aromatic heterocycles. The minimum Gasteiger partial charge on any atom is -0.507 e. The van der Waals surface area contributed by atoms with E-state index < -0.39 is 51.3 Å². The molecule has 1 spiro atoms. The molecule has 0 radical (unpaired) electrons. The maximum Gasteiger partial charge on any atom is 0.330 e. The Labute approximate surface area is 251 Å². The second kappa shape index (κ2) is 8.82. The van der Waals surface area contributed by atoms with Gasteiger partial charge in [0, 0.05) is 47.1 Å². The normalized spacial score (nSPS) is 34.1. The number of phenolic OH excluding ortho intramolecular Hbond substituents is 1. The number of carboxylic acids is 1. The number of rotatable bonds is 6. The number of carbonyl (C=O) groups excluding carboxylic acids is 2. The molecule has 1 saturated carbocycles. The number of carbonyl (C=O) groups is 3. The van der Waals surface area contributed by atoms with E-state index in [9.17, 15) is 24.6 Å². The highest BCUT2D eigenvalue weighted by atomic mass is 16.6. The molecule has 2 fully saturated rings. The van der Waals surface area contributed by atoms with E-state index in [1.54, 1.807) is 6.08 Å². The summed E-state index contributed by atoms with van der Waals surface area (Å²) < 4.78 is 26.1. The Morgan fingerprint density at radius 3 is 2.40 bits per heavy atom. The smallest absolute Gasteiger partial charge is 0.330 e. The number of ketones is 2. The van der Waals surface area contributed by atoms with E-state index >= 15 is 0 Å². The number of ether oxygens (including phenoxy) is 4. The minimum atomic E-state index is -1.76. The molecule has 0 unspecified atom stereocenters. The van der Waals surface area contributed by atoms with Crippen LogP contribution in [0.25, 0.3) is 0 Å². The molecular formula is C34H40O9. The quantitative estimate of drug-likeness (QED) is 0.340. The highest BCUT2D eigenvalue weighted by molar-refractivity contribution is 6.20. The van der Waals surface area contributed by atoms with Gasteiger partial charge in [0.1, 0.15) is 34.5 Å². The summed E-state index contributed by atoms with van der Waals surface area (Å²) in [5, 5.41) is 21.4. The number of benzene rings is 1. The van der Waals surface area contributed by atoms with E-state index in [0.29, 0.717) is 23.3 Å². The number of allylic oxidation sites excluding steroid dienone is 2. The first-order chi connectivity index (χ1) is 19.9. The molecule has 3 heterocycles. The lowest BCUT2D eigenvalue weighted by atomic mass is 9.49. The van der Waals surface area contributed by atoms with Crippen molar-refractivity contribution in [1.29, 1.82) is 0 Å². The van der Waals surface area contributed by atoms with Crippen molar-refractivity contribution in [3.05, 3.63) is 51.6 Å². The molecule has 2 N–H and O–H groups in total. The molecule has 3 aliphatic carbocycles. The number of hydrogen-bond acceptors (Lipinski definition) is 8. The van der Waals surface area contributed by atoms with Crippen molar-refractivity contribution >= 4 is 17.5 Å². The standard InChI is InChI=1S/C34H40O9/c1-16(2)10-11-19-24(35)22-25(36)20-14-32(40-9)15-21-31(7,8)43-33(29(32)39,13-12-17(3)28(37)38)34(20,21)42-27(22)23-26(19)41-18(4)30(23,5)6/h10,12,14,18,21,35H,11,13,15H2,1-9H3,(H,37,38)/t18-,21+,32+,33+,34-/m0/s1. The predicted octanol–water partition coefficient (Wildman–Crippen LogP) is 5.16. The van der Waals surface area contributed by atoms with Crippen LogP contribution in [0.2, 0.25) is 0 Å². The molecule has 6 aliphatic rings. The van der Waals surface area contributed by atoms with E-state index in [0.717, 1.165) is 5.57 Å². The maximum atomic E-state index is 14.8. The second-order valence-corrected chi connectivity index (χ2v) is 14.0. The van der Waals surface area contributed by atoms with Gasteiger partial charge in [0.05, 0.1) is 5.60 Å². The zero-order valence-electron chi connectivity index (χ0n) is 26.3. The van der Waals surface area contributed by atoms with Crippen LogP contribution in [-0.2, 0) is 30.9 Å². The first-order valence-electron chi connectivity index (χ1n) is 14.8. The monoisotopic (exact) mass is 592 g/mol. The molecule has 5 atom stereocenters. The molecule has 0 amide bonds. The fourth-order valence-corrected chi connectivity index (χ4v) is 8.02. The lowest BCUT2D eigenvalue weighted by molar-refractivity contribution is -0.190. The molecule has 1 aromatic rings. The van der Waals surface area contributed by atoms with Crippen molar-refractivity contribution in [3.8, 4) is 17.2 Å². The van der Waals surface area contributed by atoms with Crippen molar-refractivity contribution in [2.45, 2.75) is 109 Å². The van der Waals surface area contributed by atoms with Crippen molar-refractivity contribution in [2.75, 3.05) is 7.11 Å². The van der Waals surface area contributed by atoms with Crippen molar-refractivity contribution in [3.63, 3.8) is 0 Å². The summed E-state index contributed by atoms with van der Waals surface area (Å²) >= 11 is 0. The molecular weight excluding hydrogens is 552 g/mol. The zero-order valence-corrected chi connectivity index (χ0v) is 26.3. The van der Waals surface area contributed by atoms with Gasteiger partial charge in [0.2, 0.25) is 5.78 Å². The third-order valence-corrected chi connectivity index (χ3v) is 10.7. The highest BCUT2D eigenvalue weighted by Crippen LogP contribution is 2.70. The minimum absolute atomic E-state index is 0.0365. The highest BCUT2D eigenvalue weighted by Gasteiger charge is 2.84. The van der Waals surface area contributed by atoms with Crippen LogP contribution in [0.5, 0.6) is 17.2 Å². The Bertz CT molecular complexity index is 1600. The van der Waals surface area contributed by atoms with E-state index in [1.807, 2.05) is 54.5 Å². The van der Waals surface area contributed by atoms with Crippen molar-refractivity contribution in [2.24, 2.45) is 5.92 Å². The van der Waals surface area contributed by atoms with Gasteiger partial charge in [-0.05, 0) is 60.5 Å². The lowest BCUT2D eigenvalue weighted by Crippen LogP contribution is -2.77. The van der Waals surface area contributed by atoms with Gasteiger partial charge in [0.15, 0.2) is 17.0 Å². The van der Waals surface area contributed by atoms with Crippen LogP contribution in [-0.4, -0.2) is 63.4 Å². The van der Waals surface area contributed by atoms with Gasteiger partial charge in [-0.1, -0.05) is 31.6 Å². The summed E-state index contributed by atoms with van der Waals surface area (Å²) in [7, 11) is 1.43. The van der Waals surface area contributed by atoms with Gasteiger partial charge < -0.3 is 29.2 Å². The van der Waals surface area contributed by atoms with E-state index in [-0.39, 0.29) is 47.2 Å². The number of Topliss-reactive ketones (excluding diaryl/α,β-unsaturated/α-hetero) is 2. The van der Waals surface area contributed by atoms with Gasteiger partial charge in [-0.2, -0.15) is 0 Å². The number of methoxy groups -OCH3 is 1. The number of aliphatic carboxylic acids is 1. The van der Waals surface area contributed by atoms with E-state index in [4.69, 9.17) is 18.9 Å². The lowest BCUT2D eigenvalue weighted by Gasteiger charge is -2.59. The van der Waals surface area contributed by atoms with Crippen LogP contribution in [0.15, 0.2) is 34.9 Å².